The van der Waals surface area contributed by atoms with Crippen LogP contribution >= 0.6 is 0 Å². The van der Waals surface area contributed by atoms with E-state index in [0.29, 0.717) is 5.56 Å². The third-order valence-electron chi connectivity index (χ3n) is 4.72. The number of hydrogen-bond acceptors (Lipinski definition) is 1. The van der Waals surface area contributed by atoms with Crippen molar-refractivity contribution in [3.8, 4) is 22.3 Å². The predicted octanol–water partition coefficient (Wildman–Crippen LogP) is 6.92. The van der Waals surface area contributed by atoms with Gasteiger partial charge in [-0.05, 0) is 33.9 Å². The first kappa shape index (κ1) is 17.7. The van der Waals surface area contributed by atoms with Crippen LogP contribution in [0.25, 0.3) is 28.3 Å². The van der Waals surface area contributed by atoms with Gasteiger partial charge in [0.25, 0.3) is 0 Å². The Kier molecular flexibility index (Phi) is 5.26. The van der Waals surface area contributed by atoms with E-state index in [-0.39, 0.29) is 5.78 Å². The smallest absolute Gasteiger partial charge is 0.185 e. The van der Waals surface area contributed by atoms with Crippen LogP contribution < -0.4 is 0 Å². The number of carbonyl (C=O) groups excluding carboxylic acids is 1. The molecule has 4 aromatic carbocycles. The molecule has 0 N–H and O–H groups in total. The molecule has 0 aromatic heterocycles. The quantitative estimate of drug-likeness (QED) is 0.279. The standard InChI is InChI=1S/C27H20O/c28-27(26-18-16-25(17-19-26)23-9-5-2-6-10-23)20-13-21-11-14-24(15-12-21)22-7-3-1-4-8-22/h1-20H/b20-13+. The second kappa shape index (κ2) is 8.32. The Morgan fingerprint density at radius 1 is 0.500 bits per heavy atom. The van der Waals surface area contributed by atoms with E-state index in [9.17, 15) is 4.79 Å². The average molecular weight is 360 g/mol. The van der Waals surface area contributed by atoms with E-state index in [1.807, 2.05) is 78.9 Å². The lowest BCUT2D eigenvalue weighted by Crippen LogP contribution is -1.93. The summed E-state index contributed by atoms with van der Waals surface area (Å²) in [5, 5.41) is 0. The van der Waals surface area contributed by atoms with Crippen molar-refractivity contribution in [1.82, 2.24) is 0 Å². The van der Waals surface area contributed by atoms with E-state index in [1.54, 1.807) is 6.08 Å². The van der Waals surface area contributed by atoms with Gasteiger partial charge in [-0.1, -0.05) is 115 Å². The van der Waals surface area contributed by atoms with Crippen molar-refractivity contribution in [2.24, 2.45) is 0 Å². The van der Waals surface area contributed by atoms with Crippen LogP contribution in [0.5, 0.6) is 0 Å². The molecule has 0 unspecified atom stereocenters. The minimum atomic E-state index is 0.00625. The number of hydrogen-bond donors (Lipinski definition) is 0. The van der Waals surface area contributed by atoms with Crippen molar-refractivity contribution in [2.75, 3.05) is 0 Å². The summed E-state index contributed by atoms with van der Waals surface area (Å²) in [4.78, 5) is 12.5. The Morgan fingerprint density at radius 3 is 1.43 bits per heavy atom. The second-order valence-electron chi connectivity index (χ2n) is 6.63. The van der Waals surface area contributed by atoms with E-state index in [1.165, 1.54) is 11.1 Å². The molecular formula is C27H20O. The van der Waals surface area contributed by atoms with E-state index in [4.69, 9.17) is 0 Å². The average Bonchev–Trinajstić information content (AvgIpc) is 2.79. The lowest BCUT2D eigenvalue weighted by Gasteiger charge is -2.03. The largest absolute Gasteiger partial charge is 0.289 e. The zero-order valence-corrected chi connectivity index (χ0v) is 15.5. The molecule has 1 nitrogen and oxygen atoms in total. The van der Waals surface area contributed by atoms with Gasteiger partial charge in [0.2, 0.25) is 0 Å². The van der Waals surface area contributed by atoms with Crippen molar-refractivity contribution in [3.05, 3.63) is 126 Å². The molecule has 0 saturated heterocycles. The second-order valence-corrected chi connectivity index (χ2v) is 6.63. The van der Waals surface area contributed by atoms with Crippen LogP contribution in [-0.2, 0) is 0 Å². The third kappa shape index (κ3) is 4.16. The normalized spacial score (nSPS) is 10.9. The van der Waals surface area contributed by atoms with E-state index < -0.39 is 0 Å². The molecule has 0 fully saturated rings. The van der Waals surface area contributed by atoms with Crippen LogP contribution in [0, 0.1) is 0 Å². The minimum Gasteiger partial charge on any atom is -0.289 e. The van der Waals surface area contributed by atoms with Gasteiger partial charge in [-0.15, -0.1) is 0 Å². The topological polar surface area (TPSA) is 17.1 Å². The molecule has 0 atom stereocenters. The van der Waals surface area contributed by atoms with Crippen LogP contribution in [0.15, 0.2) is 115 Å². The maximum absolute atomic E-state index is 12.5. The molecule has 0 heterocycles. The molecular weight excluding hydrogens is 340 g/mol. The van der Waals surface area contributed by atoms with Crippen LogP contribution in [0.4, 0.5) is 0 Å². The number of benzene rings is 4. The van der Waals surface area contributed by atoms with Crippen LogP contribution in [0.1, 0.15) is 15.9 Å². The Hall–Kier alpha value is -3.71. The highest BCUT2D eigenvalue weighted by Crippen LogP contribution is 2.21. The molecule has 0 spiro atoms. The Morgan fingerprint density at radius 2 is 0.929 bits per heavy atom. The van der Waals surface area contributed by atoms with Crippen molar-refractivity contribution >= 4 is 11.9 Å². The summed E-state index contributed by atoms with van der Waals surface area (Å²) in [6.07, 6.45) is 3.50. The SMILES string of the molecule is O=C(/C=C/c1ccc(-c2ccccc2)cc1)c1ccc(-c2ccccc2)cc1. The van der Waals surface area contributed by atoms with Gasteiger partial charge in [-0.25, -0.2) is 0 Å². The lowest BCUT2D eigenvalue weighted by molar-refractivity contribution is 0.104. The molecule has 0 amide bonds. The summed E-state index contributed by atoms with van der Waals surface area (Å²) in [6, 6.07) is 36.4. The third-order valence-corrected chi connectivity index (χ3v) is 4.72. The van der Waals surface area contributed by atoms with Gasteiger partial charge in [-0.3, -0.25) is 4.79 Å². The highest BCUT2D eigenvalue weighted by atomic mass is 16.1. The van der Waals surface area contributed by atoms with Crippen LogP contribution in [-0.4, -0.2) is 5.78 Å². The van der Waals surface area contributed by atoms with Crippen LogP contribution in [0.3, 0.4) is 0 Å². The van der Waals surface area contributed by atoms with Gasteiger partial charge < -0.3 is 0 Å². The predicted molar refractivity (Wildman–Crippen MR) is 117 cm³/mol. The van der Waals surface area contributed by atoms with Gasteiger partial charge in [0.1, 0.15) is 0 Å². The molecule has 4 aromatic rings. The molecule has 0 aliphatic heterocycles. The fourth-order valence-electron chi connectivity index (χ4n) is 3.14. The number of carbonyl (C=O) groups is 1. The van der Waals surface area contributed by atoms with Crippen molar-refractivity contribution < 1.29 is 4.79 Å². The molecule has 134 valence electrons. The molecule has 28 heavy (non-hydrogen) atoms. The number of allylic oxidation sites excluding steroid dienone is 1. The Balaban J connectivity index is 1.45. The van der Waals surface area contributed by atoms with Crippen molar-refractivity contribution in [2.45, 2.75) is 0 Å². The van der Waals surface area contributed by atoms with E-state index in [2.05, 4.69) is 36.4 Å². The molecule has 4 rings (SSSR count). The van der Waals surface area contributed by atoms with Gasteiger partial charge in [0, 0.05) is 5.56 Å². The molecule has 0 saturated carbocycles. The van der Waals surface area contributed by atoms with Gasteiger partial charge in [0.05, 0.1) is 0 Å². The Bertz CT molecular complexity index is 1070. The van der Waals surface area contributed by atoms with Gasteiger partial charge >= 0.3 is 0 Å². The first-order valence-corrected chi connectivity index (χ1v) is 9.33. The maximum atomic E-state index is 12.5. The zero-order chi connectivity index (χ0) is 19.2. The van der Waals surface area contributed by atoms with E-state index in [0.717, 1.165) is 16.7 Å². The summed E-state index contributed by atoms with van der Waals surface area (Å²) in [7, 11) is 0. The van der Waals surface area contributed by atoms with Gasteiger partial charge in [0.15, 0.2) is 5.78 Å². The minimum absolute atomic E-state index is 0.00625. The molecule has 0 bridgehead atoms. The number of rotatable bonds is 5. The van der Waals surface area contributed by atoms with Crippen LogP contribution in [0.2, 0.25) is 0 Å². The highest BCUT2D eigenvalue weighted by Gasteiger charge is 2.03. The zero-order valence-electron chi connectivity index (χ0n) is 15.5. The molecule has 0 aliphatic rings. The van der Waals surface area contributed by atoms with Crippen molar-refractivity contribution in [1.29, 1.82) is 0 Å². The highest BCUT2D eigenvalue weighted by molar-refractivity contribution is 6.07. The molecule has 0 aliphatic carbocycles. The first-order valence-electron chi connectivity index (χ1n) is 9.33. The summed E-state index contributed by atoms with van der Waals surface area (Å²) >= 11 is 0. The summed E-state index contributed by atoms with van der Waals surface area (Å²) in [5.41, 5.74) is 6.31. The maximum Gasteiger partial charge on any atom is 0.185 e. The van der Waals surface area contributed by atoms with Crippen molar-refractivity contribution in [3.63, 3.8) is 0 Å². The molecule has 1 heteroatoms. The number of ketones is 1. The van der Waals surface area contributed by atoms with Gasteiger partial charge in [-0.2, -0.15) is 0 Å². The Labute approximate surface area is 165 Å². The fourth-order valence-corrected chi connectivity index (χ4v) is 3.14. The first-order chi connectivity index (χ1) is 13.8. The molecule has 0 radical (unpaired) electrons. The fraction of sp³-hybridized carbons (Fsp3) is 0. The summed E-state index contributed by atoms with van der Waals surface area (Å²) in [6.45, 7) is 0. The van der Waals surface area contributed by atoms with E-state index >= 15 is 0 Å². The lowest BCUT2D eigenvalue weighted by atomic mass is 10.0. The summed E-state index contributed by atoms with van der Waals surface area (Å²) < 4.78 is 0. The summed E-state index contributed by atoms with van der Waals surface area (Å²) in [5.74, 6) is 0.00625. The monoisotopic (exact) mass is 360 g/mol.